The largest absolute Gasteiger partial charge is 0.496 e. The Bertz CT molecular complexity index is 916. The maximum Gasteiger partial charge on any atom is 0.237 e. The van der Waals surface area contributed by atoms with Gasteiger partial charge >= 0.3 is 0 Å². The van der Waals surface area contributed by atoms with Crippen LogP contribution in [-0.4, -0.2) is 72.7 Å². The van der Waals surface area contributed by atoms with E-state index in [0.29, 0.717) is 26.2 Å². The van der Waals surface area contributed by atoms with Crippen LogP contribution in [0, 0.1) is 0 Å². The van der Waals surface area contributed by atoms with Crippen molar-refractivity contribution in [2.75, 3.05) is 39.9 Å². The molecule has 1 aliphatic heterocycles. The van der Waals surface area contributed by atoms with Crippen LogP contribution in [0.3, 0.4) is 0 Å². The minimum absolute atomic E-state index is 0.0706. The first-order valence-corrected chi connectivity index (χ1v) is 10.9. The van der Waals surface area contributed by atoms with E-state index in [9.17, 15) is 14.7 Å². The molecule has 0 spiro atoms. The Morgan fingerprint density at radius 1 is 1.22 bits per heavy atom. The van der Waals surface area contributed by atoms with E-state index >= 15 is 0 Å². The highest BCUT2D eigenvalue weighted by atomic mass is 16.5. The third-order valence-electron chi connectivity index (χ3n) is 5.52. The number of nitrogens with one attached hydrogen (secondary N) is 1. The number of hydrogen-bond donors (Lipinski definition) is 2. The second-order valence-corrected chi connectivity index (χ2v) is 7.67. The standard InChI is InChI=1S/C25H31N3O4/c1-32-23-12-6-5-10-21(23)11-7-14-27-15-13-26-25(31)22(27)18-24(30)28(16-17-29)19-20-8-3-2-4-9-20/h2-12,22,29H,13-19H2,1H3,(H,26,31)/b11-7+. The molecule has 0 bridgehead atoms. The van der Waals surface area contributed by atoms with Crippen molar-refractivity contribution in [3.05, 3.63) is 71.8 Å². The lowest BCUT2D eigenvalue weighted by molar-refractivity contribution is -0.139. The second-order valence-electron chi connectivity index (χ2n) is 7.67. The number of para-hydroxylation sites is 1. The molecule has 2 aromatic carbocycles. The van der Waals surface area contributed by atoms with Crippen molar-refractivity contribution in [3.8, 4) is 5.75 Å². The van der Waals surface area contributed by atoms with Crippen molar-refractivity contribution in [2.45, 2.75) is 19.0 Å². The molecule has 1 fully saturated rings. The minimum atomic E-state index is -0.546. The topological polar surface area (TPSA) is 82.1 Å². The Labute approximate surface area is 189 Å². The molecule has 1 saturated heterocycles. The fourth-order valence-electron chi connectivity index (χ4n) is 3.83. The number of aliphatic hydroxyl groups excluding tert-OH is 1. The monoisotopic (exact) mass is 437 g/mol. The summed E-state index contributed by atoms with van der Waals surface area (Å²) in [6.07, 6.45) is 4.03. The van der Waals surface area contributed by atoms with Gasteiger partial charge in [-0.3, -0.25) is 14.5 Å². The van der Waals surface area contributed by atoms with Gasteiger partial charge in [0.1, 0.15) is 5.75 Å². The predicted molar refractivity (Wildman–Crippen MR) is 124 cm³/mol. The van der Waals surface area contributed by atoms with E-state index in [1.54, 1.807) is 12.0 Å². The lowest BCUT2D eigenvalue weighted by Crippen LogP contribution is -2.56. The van der Waals surface area contributed by atoms with Gasteiger partial charge in [0.15, 0.2) is 0 Å². The molecule has 1 atom stereocenters. The molecule has 1 unspecified atom stereocenters. The number of amides is 2. The van der Waals surface area contributed by atoms with Crippen LogP contribution in [0.4, 0.5) is 0 Å². The van der Waals surface area contributed by atoms with E-state index in [4.69, 9.17) is 4.74 Å². The highest BCUT2D eigenvalue weighted by Crippen LogP contribution is 2.19. The molecule has 2 N–H and O–H groups in total. The number of carbonyl (C=O) groups excluding carboxylic acids is 2. The van der Waals surface area contributed by atoms with Gasteiger partial charge in [0.05, 0.1) is 26.2 Å². The predicted octanol–water partition coefficient (Wildman–Crippen LogP) is 1.92. The lowest BCUT2D eigenvalue weighted by atomic mass is 10.1. The van der Waals surface area contributed by atoms with Crippen LogP contribution in [0.25, 0.3) is 6.08 Å². The van der Waals surface area contributed by atoms with E-state index < -0.39 is 6.04 Å². The molecule has 1 heterocycles. The van der Waals surface area contributed by atoms with Gasteiger partial charge in [-0.1, -0.05) is 60.7 Å². The van der Waals surface area contributed by atoms with E-state index in [-0.39, 0.29) is 31.4 Å². The summed E-state index contributed by atoms with van der Waals surface area (Å²) in [5, 5.41) is 12.3. The summed E-state index contributed by atoms with van der Waals surface area (Å²) < 4.78 is 5.38. The number of rotatable bonds is 10. The summed E-state index contributed by atoms with van der Waals surface area (Å²) in [5.41, 5.74) is 1.94. The zero-order valence-electron chi connectivity index (χ0n) is 18.4. The molecule has 3 rings (SSSR count). The molecule has 7 nitrogen and oxygen atoms in total. The fourth-order valence-corrected chi connectivity index (χ4v) is 3.83. The Morgan fingerprint density at radius 2 is 1.97 bits per heavy atom. The molecular weight excluding hydrogens is 406 g/mol. The quantitative estimate of drug-likeness (QED) is 0.594. The first kappa shape index (κ1) is 23.5. The Hall–Kier alpha value is -3.16. The van der Waals surface area contributed by atoms with E-state index in [2.05, 4.69) is 5.32 Å². The van der Waals surface area contributed by atoms with Crippen LogP contribution < -0.4 is 10.1 Å². The third-order valence-corrected chi connectivity index (χ3v) is 5.52. The average Bonchev–Trinajstić information content (AvgIpc) is 2.81. The van der Waals surface area contributed by atoms with Gasteiger partial charge < -0.3 is 20.1 Å². The summed E-state index contributed by atoms with van der Waals surface area (Å²) in [5.74, 6) is 0.495. The number of piperazine rings is 1. The van der Waals surface area contributed by atoms with Gasteiger partial charge in [-0.15, -0.1) is 0 Å². The normalized spacial score (nSPS) is 16.7. The van der Waals surface area contributed by atoms with Gasteiger partial charge in [0.2, 0.25) is 11.8 Å². The number of nitrogens with zero attached hydrogens (tertiary/aromatic N) is 2. The molecule has 0 saturated carbocycles. The SMILES string of the molecule is COc1ccccc1/C=C/CN1CCNC(=O)C1CC(=O)N(CCO)Cc1ccccc1. The molecule has 32 heavy (non-hydrogen) atoms. The van der Waals surface area contributed by atoms with Gasteiger partial charge in [-0.25, -0.2) is 0 Å². The molecule has 2 amide bonds. The summed E-state index contributed by atoms with van der Waals surface area (Å²) >= 11 is 0. The summed E-state index contributed by atoms with van der Waals surface area (Å²) in [4.78, 5) is 29.3. The number of aliphatic hydroxyl groups is 1. The molecule has 170 valence electrons. The Morgan fingerprint density at radius 3 is 2.72 bits per heavy atom. The van der Waals surface area contributed by atoms with Crippen LogP contribution in [-0.2, 0) is 16.1 Å². The van der Waals surface area contributed by atoms with Gasteiger partial charge in [0, 0.05) is 38.3 Å². The van der Waals surface area contributed by atoms with E-state index in [1.165, 1.54) is 0 Å². The molecule has 2 aromatic rings. The molecular formula is C25H31N3O4. The highest BCUT2D eigenvalue weighted by molar-refractivity contribution is 5.89. The average molecular weight is 438 g/mol. The molecule has 0 radical (unpaired) electrons. The van der Waals surface area contributed by atoms with Crippen LogP contribution >= 0.6 is 0 Å². The summed E-state index contributed by atoms with van der Waals surface area (Å²) in [6.45, 7) is 2.27. The number of ether oxygens (including phenoxy) is 1. The van der Waals surface area contributed by atoms with Crippen molar-refractivity contribution >= 4 is 17.9 Å². The highest BCUT2D eigenvalue weighted by Gasteiger charge is 2.32. The minimum Gasteiger partial charge on any atom is -0.496 e. The van der Waals surface area contributed by atoms with Gasteiger partial charge in [-0.2, -0.15) is 0 Å². The van der Waals surface area contributed by atoms with Crippen LogP contribution in [0.5, 0.6) is 5.75 Å². The summed E-state index contributed by atoms with van der Waals surface area (Å²) in [7, 11) is 1.64. The van der Waals surface area contributed by atoms with Crippen molar-refractivity contribution in [3.63, 3.8) is 0 Å². The smallest absolute Gasteiger partial charge is 0.237 e. The third kappa shape index (κ3) is 6.42. The zero-order valence-corrected chi connectivity index (χ0v) is 18.4. The van der Waals surface area contributed by atoms with Gasteiger partial charge in [0.25, 0.3) is 0 Å². The van der Waals surface area contributed by atoms with Crippen molar-refractivity contribution in [1.29, 1.82) is 0 Å². The maximum absolute atomic E-state index is 13.0. The number of carbonyl (C=O) groups is 2. The van der Waals surface area contributed by atoms with Crippen LogP contribution in [0.15, 0.2) is 60.7 Å². The molecule has 1 aliphatic rings. The first-order chi connectivity index (χ1) is 15.6. The van der Waals surface area contributed by atoms with Crippen molar-refractivity contribution in [1.82, 2.24) is 15.1 Å². The first-order valence-electron chi connectivity index (χ1n) is 10.9. The molecule has 0 aromatic heterocycles. The molecule has 0 aliphatic carbocycles. The number of hydrogen-bond acceptors (Lipinski definition) is 5. The van der Waals surface area contributed by atoms with Crippen molar-refractivity contribution < 1.29 is 19.4 Å². The second kappa shape index (κ2) is 12.0. The van der Waals surface area contributed by atoms with Crippen LogP contribution in [0.2, 0.25) is 0 Å². The van der Waals surface area contributed by atoms with Gasteiger partial charge in [-0.05, 0) is 11.6 Å². The van der Waals surface area contributed by atoms with Crippen LogP contribution in [0.1, 0.15) is 17.5 Å². The number of methoxy groups -OCH3 is 1. The Kier molecular flexibility index (Phi) is 8.83. The molecule has 7 heteroatoms. The van der Waals surface area contributed by atoms with Crippen molar-refractivity contribution in [2.24, 2.45) is 0 Å². The fraction of sp³-hybridized carbons (Fsp3) is 0.360. The van der Waals surface area contributed by atoms with E-state index in [0.717, 1.165) is 16.9 Å². The zero-order chi connectivity index (χ0) is 22.8. The summed E-state index contributed by atoms with van der Waals surface area (Å²) in [6, 6.07) is 16.8. The lowest BCUT2D eigenvalue weighted by Gasteiger charge is -2.35. The Balaban J connectivity index is 1.66. The maximum atomic E-state index is 13.0. The number of benzene rings is 2. The van der Waals surface area contributed by atoms with E-state index in [1.807, 2.05) is 71.6 Å².